The van der Waals surface area contributed by atoms with Gasteiger partial charge < -0.3 is 14.5 Å². The summed E-state index contributed by atoms with van der Waals surface area (Å²) in [4.78, 5) is 31.2. The van der Waals surface area contributed by atoms with Crippen molar-refractivity contribution >= 4 is 17.6 Å². The number of likely N-dealkylation sites (tertiary alicyclic amines) is 1. The number of carbonyl (C=O) groups is 2. The summed E-state index contributed by atoms with van der Waals surface area (Å²) in [5.74, 6) is -0.354. The van der Waals surface area contributed by atoms with Gasteiger partial charge in [0.25, 0.3) is 5.91 Å². The van der Waals surface area contributed by atoms with Crippen LogP contribution in [-0.2, 0) is 14.4 Å². The normalized spacial score (nSPS) is 17.6. The van der Waals surface area contributed by atoms with E-state index < -0.39 is 0 Å². The van der Waals surface area contributed by atoms with Crippen molar-refractivity contribution in [1.82, 2.24) is 4.90 Å². The van der Waals surface area contributed by atoms with Gasteiger partial charge in [-0.1, -0.05) is 47.6 Å². The highest BCUT2D eigenvalue weighted by atomic mass is 16.6. The summed E-state index contributed by atoms with van der Waals surface area (Å²) in [6, 6.07) is 17.5. The highest BCUT2D eigenvalue weighted by Crippen LogP contribution is 2.25. The van der Waals surface area contributed by atoms with Crippen molar-refractivity contribution < 1.29 is 19.2 Å². The van der Waals surface area contributed by atoms with Crippen LogP contribution in [0.1, 0.15) is 29.6 Å². The number of methoxy groups -OCH3 is 1. The predicted octanol–water partition coefficient (Wildman–Crippen LogP) is 3.52. The lowest BCUT2D eigenvalue weighted by molar-refractivity contribution is -0.140. The fourth-order valence-electron chi connectivity index (χ4n) is 3.45. The van der Waals surface area contributed by atoms with Gasteiger partial charge in [0.05, 0.1) is 19.4 Å². The second-order valence-electron chi connectivity index (χ2n) is 6.69. The van der Waals surface area contributed by atoms with Crippen LogP contribution in [0.25, 0.3) is 11.1 Å². The summed E-state index contributed by atoms with van der Waals surface area (Å²) in [7, 11) is 2.86. The third kappa shape index (κ3) is 4.57. The quantitative estimate of drug-likeness (QED) is 0.568. The van der Waals surface area contributed by atoms with Gasteiger partial charge in [0.1, 0.15) is 7.11 Å². The minimum absolute atomic E-state index is 0.0734. The number of hydrogen-bond donors (Lipinski definition) is 0. The van der Waals surface area contributed by atoms with Gasteiger partial charge in [-0.2, -0.15) is 0 Å². The van der Waals surface area contributed by atoms with E-state index in [9.17, 15) is 9.59 Å². The monoisotopic (exact) mass is 380 g/mol. The first-order chi connectivity index (χ1) is 13.6. The van der Waals surface area contributed by atoms with Gasteiger partial charge in [-0.25, -0.2) is 0 Å². The molecule has 2 aromatic carbocycles. The number of amides is 1. The van der Waals surface area contributed by atoms with Crippen LogP contribution in [0.3, 0.4) is 0 Å². The molecule has 0 saturated carbocycles. The first-order valence-electron chi connectivity index (χ1n) is 9.24. The molecule has 146 valence electrons. The molecule has 3 rings (SSSR count). The standard InChI is InChI=1S/C22H24N2O4/c1-27-21(25)13-12-20-14-19(23-28-2)15-24(20)22(26)18-10-8-17(9-11-18)16-6-4-3-5-7-16/h3-11,20H,12-15H2,1-2H3/b23-19+. The van der Waals surface area contributed by atoms with Crippen molar-refractivity contribution in [3.63, 3.8) is 0 Å². The lowest BCUT2D eigenvalue weighted by Crippen LogP contribution is -2.36. The van der Waals surface area contributed by atoms with Crippen molar-refractivity contribution in [2.45, 2.75) is 25.3 Å². The van der Waals surface area contributed by atoms with E-state index in [4.69, 9.17) is 9.57 Å². The molecule has 28 heavy (non-hydrogen) atoms. The minimum atomic E-state index is -0.281. The van der Waals surface area contributed by atoms with Crippen molar-refractivity contribution in [3.8, 4) is 11.1 Å². The summed E-state index contributed by atoms with van der Waals surface area (Å²) in [6.07, 6.45) is 1.39. The Hall–Kier alpha value is -3.15. The van der Waals surface area contributed by atoms with Crippen LogP contribution in [0.15, 0.2) is 59.8 Å². The van der Waals surface area contributed by atoms with Gasteiger partial charge in [0.2, 0.25) is 0 Å². The molecule has 1 aliphatic rings. The van der Waals surface area contributed by atoms with Crippen LogP contribution in [0.5, 0.6) is 0 Å². The summed E-state index contributed by atoms with van der Waals surface area (Å²) in [5.41, 5.74) is 3.57. The molecule has 6 nitrogen and oxygen atoms in total. The molecular formula is C22H24N2O4. The van der Waals surface area contributed by atoms with Gasteiger partial charge in [-0.3, -0.25) is 9.59 Å². The number of oxime groups is 1. The van der Waals surface area contributed by atoms with Gasteiger partial charge in [-0.05, 0) is 29.7 Å². The number of carbonyl (C=O) groups excluding carboxylic acids is 2. The number of esters is 1. The lowest BCUT2D eigenvalue weighted by atomic mass is 10.0. The Kier molecular flexibility index (Phi) is 6.42. The van der Waals surface area contributed by atoms with Crippen molar-refractivity contribution in [1.29, 1.82) is 0 Å². The summed E-state index contributed by atoms with van der Waals surface area (Å²) in [6.45, 7) is 0.402. The van der Waals surface area contributed by atoms with E-state index in [-0.39, 0.29) is 24.3 Å². The SMILES string of the molecule is CO/N=C1\CC(CCC(=O)OC)N(C(=O)c2ccc(-c3ccccc3)cc2)C1. The largest absolute Gasteiger partial charge is 0.469 e. The van der Waals surface area contributed by atoms with E-state index in [1.807, 2.05) is 54.6 Å². The molecule has 0 radical (unpaired) electrons. The molecule has 0 N–H and O–H groups in total. The summed E-state index contributed by atoms with van der Waals surface area (Å²) >= 11 is 0. The van der Waals surface area contributed by atoms with Crippen LogP contribution in [0.2, 0.25) is 0 Å². The number of rotatable bonds is 6. The minimum Gasteiger partial charge on any atom is -0.469 e. The smallest absolute Gasteiger partial charge is 0.305 e. The lowest BCUT2D eigenvalue weighted by Gasteiger charge is -2.24. The Labute approximate surface area is 164 Å². The molecule has 1 atom stereocenters. The Bertz CT molecular complexity index is 847. The second kappa shape index (κ2) is 9.17. The van der Waals surface area contributed by atoms with Crippen LogP contribution < -0.4 is 0 Å². The summed E-state index contributed by atoms with van der Waals surface area (Å²) < 4.78 is 4.72. The molecule has 1 heterocycles. The molecule has 0 aliphatic carbocycles. The first kappa shape index (κ1) is 19.6. The molecule has 1 aliphatic heterocycles. The Morgan fingerprint density at radius 2 is 1.71 bits per heavy atom. The predicted molar refractivity (Wildman–Crippen MR) is 107 cm³/mol. The van der Waals surface area contributed by atoms with Gasteiger partial charge in [-0.15, -0.1) is 0 Å². The van der Waals surface area contributed by atoms with Crippen molar-refractivity contribution in [2.75, 3.05) is 20.8 Å². The van der Waals surface area contributed by atoms with E-state index in [2.05, 4.69) is 5.16 Å². The van der Waals surface area contributed by atoms with E-state index in [0.717, 1.165) is 16.8 Å². The fourth-order valence-corrected chi connectivity index (χ4v) is 3.45. The molecule has 0 aromatic heterocycles. The Morgan fingerprint density at radius 3 is 2.36 bits per heavy atom. The maximum absolute atomic E-state index is 13.1. The third-order valence-corrected chi connectivity index (χ3v) is 4.89. The molecule has 0 bridgehead atoms. The molecule has 0 spiro atoms. The van der Waals surface area contributed by atoms with E-state index >= 15 is 0 Å². The molecule has 1 amide bonds. The summed E-state index contributed by atoms with van der Waals surface area (Å²) in [5, 5.41) is 4.01. The molecule has 1 saturated heterocycles. The number of benzene rings is 2. The highest BCUT2D eigenvalue weighted by Gasteiger charge is 2.34. The van der Waals surface area contributed by atoms with E-state index in [1.54, 1.807) is 4.90 Å². The molecule has 1 fully saturated rings. The maximum Gasteiger partial charge on any atom is 0.305 e. The molecule has 1 unspecified atom stereocenters. The second-order valence-corrected chi connectivity index (χ2v) is 6.69. The number of hydrogen-bond acceptors (Lipinski definition) is 5. The third-order valence-electron chi connectivity index (χ3n) is 4.89. The molecule has 2 aromatic rings. The first-order valence-corrected chi connectivity index (χ1v) is 9.24. The maximum atomic E-state index is 13.1. The van der Waals surface area contributed by atoms with Crippen LogP contribution in [-0.4, -0.2) is 49.3 Å². The molecule has 6 heteroatoms. The van der Waals surface area contributed by atoms with E-state index in [1.165, 1.54) is 14.2 Å². The van der Waals surface area contributed by atoms with Gasteiger partial charge in [0.15, 0.2) is 0 Å². The zero-order valence-corrected chi connectivity index (χ0v) is 16.1. The van der Waals surface area contributed by atoms with Crippen molar-refractivity contribution in [3.05, 3.63) is 60.2 Å². The zero-order chi connectivity index (χ0) is 19.9. The number of ether oxygens (including phenoxy) is 1. The molecular weight excluding hydrogens is 356 g/mol. The van der Waals surface area contributed by atoms with Crippen LogP contribution >= 0.6 is 0 Å². The Balaban J connectivity index is 1.76. The topological polar surface area (TPSA) is 68.2 Å². The fraction of sp³-hybridized carbons (Fsp3) is 0.318. The average Bonchev–Trinajstić information content (AvgIpc) is 3.15. The van der Waals surface area contributed by atoms with Gasteiger partial charge in [0, 0.05) is 24.4 Å². The van der Waals surface area contributed by atoms with Gasteiger partial charge >= 0.3 is 5.97 Å². The van der Waals surface area contributed by atoms with Crippen molar-refractivity contribution in [2.24, 2.45) is 5.16 Å². The zero-order valence-electron chi connectivity index (χ0n) is 16.1. The van der Waals surface area contributed by atoms with Crippen LogP contribution in [0.4, 0.5) is 0 Å². The van der Waals surface area contributed by atoms with Crippen LogP contribution in [0, 0.1) is 0 Å². The highest BCUT2D eigenvalue weighted by molar-refractivity contribution is 6.00. The average molecular weight is 380 g/mol. The number of nitrogens with zero attached hydrogens (tertiary/aromatic N) is 2. The van der Waals surface area contributed by atoms with E-state index in [0.29, 0.717) is 24.9 Å². The Morgan fingerprint density at radius 1 is 1.04 bits per heavy atom.